The van der Waals surface area contributed by atoms with Crippen molar-refractivity contribution in [1.29, 1.82) is 0 Å². The number of hydrogen-bond donors (Lipinski definition) is 4. The largest absolute Gasteiger partial charge is 0.462 e. The zero-order chi connectivity index (χ0) is 19.6. The lowest BCUT2D eigenvalue weighted by Gasteiger charge is -2.39. The third-order valence-electron chi connectivity index (χ3n) is 4.42. The lowest BCUT2D eigenvalue weighted by Crippen LogP contribution is -2.60. The summed E-state index contributed by atoms with van der Waals surface area (Å²) in [5, 5.41) is 39.1. The Hall–Kier alpha value is -2.30. The summed E-state index contributed by atoms with van der Waals surface area (Å²) in [6, 6.07) is 8.55. The molecular formula is C18H22N2O7. The third kappa shape index (κ3) is 4.18. The van der Waals surface area contributed by atoms with Crippen molar-refractivity contribution >= 4 is 0 Å². The third-order valence-corrected chi connectivity index (χ3v) is 4.42. The highest BCUT2D eigenvalue weighted by molar-refractivity contribution is 5.33. The summed E-state index contributed by atoms with van der Waals surface area (Å²) in [5.74, 6) is 0.328. The van der Waals surface area contributed by atoms with Crippen molar-refractivity contribution in [2.45, 2.75) is 44.2 Å². The van der Waals surface area contributed by atoms with E-state index in [1.54, 1.807) is 43.5 Å². The van der Waals surface area contributed by atoms with Crippen LogP contribution in [0.3, 0.4) is 0 Å². The molecule has 0 spiro atoms. The van der Waals surface area contributed by atoms with Gasteiger partial charge in [0.05, 0.1) is 13.2 Å². The highest BCUT2D eigenvalue weighted by atomic mass is 16.7. The smallest absolute Gasteiger partial charge is 0.348 e. The number of benzene rings is 1. The Bertz CT molecular complexity index is 838. The van der Waals surface area contributed by atoms with Crippen LogP contribution in [0, 0.1) is 6.92 Å². The number of nitrogens with zero attached hydrogens (tertiary/aromatic N) is 2. The zero-order valence-corrected chi connectivity index (χ0v) is 14.7. The normalized spacial score (nSPS) is 28.1. The minimum atomic E-state index is -1.53. The van der Waals surface area contributed by atoms with Crippen molar-refractivity contribution in [3.05, 3.63) is 58.3 Å². The predicted octanol–water partition coefficient (Wildman–Crippen LogP) is -1.22. The van der Waals surface area contributed by atoms with Crippen LogP contribution < -0.4 is 10.4 Å². The lowest BCUT2D eigenvalue weighted by atomic mass is 9.99. The van der Waals surface area contributed by atoms with Crippen molar-refractivity contribution in [3.63, 3.8) is 0 Å². The molecule has 9 nitrogen and oxygen atoms in total. The topological polar surface area (TPSA) is 134 Å². The maximum absolute atomic E-state index is 12.0. The summed E-state index contributed by atoms with van der Waals surface area (Å²) >= 11 is 0. The number of aliphatic hydroxyl groups is 4. The van der Waals surface area contributed by atoms with E-state index in [0.29, 0.717) is 17.0 Å². The molecule has 1 aromatic carbocycles. The van der Waals surface area contributed by atoms with Gasteiger partial charge in [0.25, 0.3) is 0 Å². The molecule has 0 aliphatic carbocycles. The molecule has 5 atom stereocenters. The van der Waals surface area contributed by atoms with Gasteiger partial charge in [-0.2, -0.15) is 4.98 Å². The van der Waals surface area contributed by atoms with Gasteiger partial charge in [-0.25, -0.2) is 4.79 Å². The molecule has 9 heteroatoms. The van der Waals surface area contributed by atoms with E-state index in [1.807, 2.05) is 0 Å². The van der Waals surface area contributed by atoms with E-state index in [1.165, 1.54) is 4.57 Å². The highest BCUT2D eigenvalue weighted by Gasteiger charge is 2.44. The van der Waals surface area contributed by atoms with E-state index in [9.17, 15) is 25.2 Å². The average Bonchev–Trinajstić information content (AvgIpc) is 2.65. The molecular weight excluding hydrogens is 356 g/mol. The molecule has 1 aromatic heterocycles. The Balaban J connectivity index is 1.82. The van der Waals surface area contributed by atoms with Crippen LogP contribution >= 0.6 is 0 Å². The first-order valence-corrected chi connectivity index (χ1v) is 8.50. The van der Waals surface area contributed by atoms with Crippen LogP contribution in [0.2, 0.25) is 0 Å². The molecule has 1 saturated heterocycles. The van der Waals surface area contributed by atoms with Crippen molar-refractivity contribution < 1.29 is 29.9 Å². The first kappa shape index (κ1) is 19.5. The number of ether oxygens (including phenoxy) is 2. The molecule has 0 unspecified atom stereocenters. The van der Waals surface area contributed by atoms with Crippen molar-refractivity contribution in [3.8, 4) is 5.75 Å². The van der Waals surface area contributed by atoms with Gasteiger partial charge in [-0.3, -0.25) is 4.57 Å². The molecule has 0 radical (unpaired) electrons. The average molecular weight is 378 g/mol. The molecule has 0 bridgehead atoms. The van der Waals surface area contributed by atoms with Crippen LogP contribution in [-0.2, 0) is 11.3 Å². The van der Waals surface area contributed by atoms with E-state index >= 15 is 0 Å². The summed E-state index contributed by atoms with van der Waals surface area (Å²) in [6.07, 6.45) is -5.25. The summed E-state index contributed by atoms with van der Waals surface area (Å²) in [6.45, 7) is 1.36. The fourth-order valence-corrected chi connectivity index (χ4v) is 2.86. The van der Waals surface area contributed by atoms with Gasteiger partial charge in [0, 0.05) is 17.5 Å². The highest BCUT2D eigenvalue weighted by Crippen LogP contribution is 2.26. The lowest BCUT2D eigenvalue weighted by molar-refractivity contribution is -0.277. The van der Waals surface area contributed by atoms with Crippen LogP contribution in [0.25, 0.3) is 0 Å². The van der Waals surface area contributed by atoms with Crippen LogP contribution in [0.4, 0.5) is 0 Å². The van der Waals surface area contributed by atoms with Gasteiger partial charge < -0.3 is 29.9 Å². The number of hydrogen-bond acceptors (Lipinski definition) is 8. The van der Waals surface area contributed by atoms with Gasteiger partial charge >= 0.3 is 5.69 Å². The summed E-state index contributed by atoms with van der Waals surface area (Å²) in [5.41, 5.74) is 0.835. The van der Waals surface area contributed by atoms with Gasteiger partial charge in [-0.1, -0.05) is 18.2 Å². The van der Waals surface area contributed by atoms with Crippen LogP contribution in [0.1, 0.15) is 11.3 Å². The van der Waals surface area contributed by atoms with Gasteiger partial charge in [0.15, 0.2) is 0 Å². The minimum absolute atomic E-state index is 0.180. The Morgan fingerprint density at radius 1 is 1.15 bits per heavy atom. The molecule has 0 amide bonds. The molecule has 27 heavy (non-hydrogen) atoms. The summed E-state index contributed by atoms with van der Waals surface area (Å²) in [7, 11) is 0. The Morgan fingerprint density at radius 3 is 2.59 bits per heavy atom. The number of aliphatic hydroxyl groups excluding tert-OH is 4. The second-order valence-electron chi connectivity index (χ2n) is 6.40. The first-order valence-electron chi connectivity index (χ1n) is 8.50. The maximum atomic E-state index is 12.0. The van der Waals surface area contributed by atoms with Crippen molar-refractivity contribution in [1.82, 2.24) is 9.55 Å². The fourth-order valence-electron chi connectivity index (χ4n) is 2.86. The molecule has 2 aromatic rings. The van der Waals surface area contributed by atoms with Crippen LogP contribution in [0.5, 0.6) is 5.75 Å². The van der Waals surface area contributed by atoms with Gasteiger partial charge in [0.2, 0.25) is 6.29 Å². The van der Waals surface area contributed by atoms with Crippen molar-refractivity contribution in [2.75, 3.05) is 6.61 Å². The molecule has 3 rings (SSSR count). The fraction of sp³-hybridized carbons (Fsp3) is 0.444. The summed E-state index contributed by atoms with van der Waals surface area (Å²) in [4.78, 5) is 15.9. The van der Waals surface area contributed by atoms with E-state index in [4.69, 9.17) is 9.47 Å². The Morgan fingerprint density at radius 2 is 1.89 bits per heavy atom. The van der Waals surface area contributed by atoms with E-state index in [2.05, 4.69) is 4.98 Å². The molecule has 4 N–H and O–H groups in total. The molecule has 1 fully saturated rings. The monoisotopic (exact) mass is 378 g/mol. The molecule has 2 heterocycles. The van der Waals surface area contributed by atoms with Gasteiger partial charge in [-0.15, -0.1) is 0 Å². The molecule has 146 valence electrons. The molecule has 0 saturated carbocycles. The Kier molecular flexibility index (Phi) is 5.88. The SMILES string of the molecule is Cc1ccn(Cc2ccccc2O[C@@H]2O[C@H](CO)[C@@H](O)[C@H](O)[C@H]2O)c(=O)n1. The van der Waals surface area contributed by atoms with E-state index < -0.39 is 43.0 Å². The van der Waals surface area contributed by atoms with Crippen LogP contribution in [-0.4, -0.2) is 67.3 Å². The zero-order valence-electron chi connectivity index (χ0n) is 14.7. The van der Waals surface area contributed by atoms with Crippen molar-refractivity contribution in [2.24, 2.45) is 0 Å². The second kappa shape index (κ2) is 8.15. The maximum Gasteiger partial charge on any atom is 0.348 e. The number of aryl methyl sites for hydroxylation is 1. The van der Waals surface area contributed by atoms with Crippen LogP contribution in [0.15, 0.2) is 41.3 Å². The van der Waals surface area contributed by atoms with E-state index in [0.717, 1.165) is 0 Å². The molecule has 1 aliphatic heterocycles. The minimum Gasteiger partial charge on any atom is -0.462 e. The quantitative estimate of drug-likeness (QED) is 0.509. The standard InChI is InChI=1S/C18H22N2O7/c1-10-6-7-20(18(25)19-10)8-11-4-2-3-5-12(11)26-17-16(24)15(23)14(22)13(9-21)27-17/h2-7,13-17,21-24H,8-9H2,1H3/t13-,14-,15+,16-,17-/m1/s1. The number of aromatic nitrogens is 2. The number of para-hydroxylation sites is 1. The molecule has 1 aliphatic rings. The van der Waals surface area contributed by atoms with E-state index in [-0.39, 0.29) is 6.54 Å². The predicted molar refractivity (Wildman–Crippen MR) is 93.2 cm³/mol. The second-order valence-corrected chi connectivity index (χ2v) is 6.40. The first-order chi connectivity index (χ1) is 12.9. The summed E-state index contributed by atoms with van der Waals surface area (Å²) < 4.78 is 12.5. The van der Waals surface area contributed by atoms with Gasteiger partial charge in [0.1, 0.15) is 30.2 Å². The number of rotatable bonds is 5. The Labute approximate surface area is 155 Å². The van der Waals surface area contributed by atoms with Gasteiger partial charge in [-0.05, 0) is 19.1 Å².